The Morgan fingerprint density at radius 3 is 2.74 bits per heavy atom. The molecule has 210 valence electrons. The first kappa shape index (κ1) is 31.7. The molecule has 0 aliphatic heterocycles. The van der Waals surface area contributed by atoms with Crippen molar-refractivity contribution in [3.63, 3.8) is 0 Å². The van der Waals surface area contributed by atoms with Crippen LogP contribution in [0.5, 0.6) is 0 Å². The monoisotopic (exact) mass is 522 g/mol. The summed E-state index contributed by atoms with van der Waals surface area (Å²) in [4.78, 5) is 14.5. The quantitative estimate of drug-likeness (QED) is 0.277. The Bertz CT molecular complexity index is 1010. The van der Waals surface area contributed by atoms with E-state index >= 15 is 0 Å². The van der Waals surface area contributed by atoms with E-state index in [0.717, 1.165) is 57.0 Å². The van der Waals surface area contributed by atoms with Gasteiger partial charge in [-0.2, -0.15) is 0 Å². The second-order valence-electron chi connectivity index (χ2n) is 11.2. The average molecular weight is 523 g/mol. The number of rotatable bonds is 13. The molecule has 0 spiro atoms. The summed E-state index contributed by atoms with van der Waals surface area (Å²) < 4.78 is 8.12. The van der Waals surface area contributed by atoms with Gasteiger partial charge in [-0.25, -0.2) is 4.98 Å². The first-order chi connectivity index (χ1) is 18.2. The molecule has 0 bridgehead atoms. The Balaban J connectivity index is 0.00000247. The van der Waals surface area contributed by atoms with Crippen molar-refractivity contribution >= 4 is 6.08 Å². The first-order valence-corrected chi connectivity index (χ1v) is 13.9. The largest absolute Gasteiger partial charge is 0.361 e. The maximum Gasteiger partial charge on any atom is 0.133 e. The zero-order valence-electron chi connectivity index (χ0n) is 24.8. The third kappa shape index (κ3) is 9.99. The van der Waals surface area contributed by atoms with Crippen LogP contribution < -0.4 is 5.32 Å². The number of terminal acetylenes is 1. The Morgan fingerprint density at radius 2 is 2.05 bits per heavy atom. The van der Waals surface area contributed by atoms with Gasteiger partial charge in [0.05, 0.1) is 36.4 Å². The number of nitrogens with zero attached hydrogens (tertiary/aromatic N) is 5. The van der Waals surface area contributed by atoms with E-state index in [1.165, 1.54) is 17.7 Å². The molecule has 1 N–H and O–H groups in total. The van der Waals surface area contributed by atoms with Gasteiger partial charge in [-0.15, -0.1) is 12.8 Å². The highest BCUT2D eigenvalue weighted by Crippen LogP contribution is 2.32. The predicted octanol–water partition coefficient (Wildman–Crippen LogP) is 5.49. The van der Waals surface area contributed by atoms with E-state index in [0.29, 0.717) is 18.8 Å². The lowest BCUT2D eigenvalue weighted by Gasteiger charge is -2.31. The van der Waals surface area contributed by atoms with Crippen LogP contribution in [0.15, 0.2) is 30.6 Å². The van der Waals surface area contributed by atoms with Crippen molar-refractivity contribution in [3.8, 4) is 12.8 Å². The third-order valence-corrected chi connectivity index (χ3v) is 6.90. The van der Waals surface area contributed by atoms with Gasteiger partial charge in [0, 0.05) is 31.5 Å². The molecule has 0 saturated carbocycles. The Kier molecular flexibility index (Phi) is 13.2. The molecular formula is C31H50N6O. The molecule has 1 aliphatic rings. The third-order valence-electron chi connectivity index (χ3n) is 6.90. The van der Waals surface area contributed by atoms with Crippen LogP contribution in [0.25, 0.3) is 6.08 Å². The lowest BCUT2D eigenvalue weighted by Crippen LogP contribution is -2.37. The fraction of sp³-hybridized carbons (Fsp3) is 0.613. The number of hydrogen-bond acceptors (Lipinski definition) is 6. The molecule has 38 heavy (non-hydrogen) atoms. The topological polar surface area (TPSA) is 58.5 Å². The second-order valence-corrected chi connectivity index (χ2v) is 11.2. The summed E-state index contributed by atoms with van der Waals surface area (Å²) in [5.41, 5.74) is 3.63. The number of pyridine rings is 1. The van der Waals surface area contributed by atoms with E-state index in [9.17, 15) is 0 Å². The van der Waals surface area contributed by atoms with Gasteiger partial charge in [-0.05, 0) is 91.6 Å². The van der Waals surface area contributed by atoms with Gasteiger partial charge in [0.1, 0.15) is 5.82 Å². The maximum absolute atomic E-state index is 5.85. The summed E-state index contributed by atoms with van der Waals surface area (Å²) in [6, 6.07) is 5.09. The van der Waals surface area contributed by atoms with Crippen LogP contribution in [0.3, 0.4) is 0 Å². The normalized spacial score (nSPS) is 16.4. The summed E-state index contributed by atoms with van der Waals surface area (Å²) in [6.07, 6.45) is 22.0. The van der Waals surface area contributed by atoms with Crippen LogP contribution in [0.1, 0.15) is 89.1 Å². The number of aromatic nitrogens is 3. The number of ether oxygens (including phenoxy) is 1. The molecule has 0 aromatic carbocycles. The second kappa shape index (κ2) is 15.8. The predicted molar refractivity (Wildman–Crippen MR) is 158 cm³/mol. The molecule has 3 rings (SSSR count). The molecule has 1 unspecified atom stereocenters. The van der Waals surface area contributed by atoms with Crippen molar-refractivity contribution in [3.05, 3.63) is 53.4 Å². The van der Waals surface area contributed by atoms with E-state index in [2.05, 4.69) is 112 Å². The summed E-state index contributed by atoms with van der Waals surface area (Å²) in [5.74, 6) is 1.01. The fourth-order valence-corrected chi connectivity index (χ4v) is 4.87. The van der Waals surface area contributed by atoms with Crippen molar-refractivity contribution in [2.75, 3.05) is 27.4 Å². The van der Waals surface area contributed by atoms with E-state index < -0.39 is 0 Å². The number of fused-ring (bicyclic) bond motifs is 1. The van der Waals surface area contributed by atoms with E-state index in [1.807, 2.05) is 6.20 Å². The van der Waals surface area contributed by atoms with Gasteiger partial charge in [-0.3, -0.25) is 20.1 Å². The summed E-state index contributed by atoms with van der Waals surface area (Å²) in [6.45, 7) is 13.8. The minimum Gasteiger partial charge on any atom is -0.361 e. The van der Waals surface area contributed by atoms with Crippen LogP contribution >= 0.6 is 0 Å². The number of nitrogens with one attached hydrogen (secondary N) is 1. The van der Waals surface area contributed by atoms with E-state index in [4.69, 9.17) is 14.7 Å². The Labute approximate surface area is 231 Å². The van der Waals surface area contributed by atoms with Crippen LogP contribution in [-0.4, -0.2) is 63.3 Å². The number of allylic oxidation sites excluding steroid dienone is 1. The summed E-state index contributed by atoms with van der Waals surface area (Å²) >= 11 is 0. The van der Waals surface area contributed by atoms with E-state index in [-0.39, 0.29) is 5.60 Å². The lowest BCUT2D eigenvalue weighted by atomic mass is 9.91. The van der Waals surface area contributed by atoms with Gasteiger partial charge in [0.15, 0.2) is 0 Å². The van der Waals surface area contributed by atoms with Crippen LogP contribution in [0.4, 0.5) is 0 Å². The van der Waals surface area contributed by atoms with Gasteiger partial charge >= 0.3 is 0 Å². The van der Waals surface area contributed by atoms with Gasteiger partial charge in [0.2, 0.25) is 0 Å². The summed E-state index contributed by atoms with van der Waals surface area (Å²) in [7, 11) is 4.39. The van der Waals surface area contributed by atoms with E-state index in [1.54, 1.807) is 0 Å². The molecular weight excluding hydrogens is 472 g/mol. The van der Waals surface area contributed by atoms with Crippen molar-refractivity contribution in [2.45, 2.75) is 97.6 Å². The van der Waals surface area contributed by atoms with Crippen molar-refractivity contribution in [1.29, 1.82) is 0 Å². The Hall–Kier alpha value is -2.50. The first-order valence-electron chi connectivity index (χ1n) is 13.9. The van der Waals surface area contributed by atoms with Gasteiger partial charge in [-0.1, -0.05) is 19.1 Å². The van der Waals surface area contributed by atoms with Crippen molar-refractivity contribution < 1.29 is 4.74 Å². The van der Waals surface area contributed by atoms with Crippen molar-refractivity contribution in [1.82, 2.24) is 29.7 Å². The highest BCUT2D eigenvalue weighted by molar-refractivity contribution is 5.40. The average Bonchev–Trinajstić information content (AvgIpc) is 3.26. The molecule has 2 atom stereocenters. The van der Waals surface area contributed by atoms with Gasteiger partial charge in [0.25, 0.3) is 0 Å². The van der Waals surface area contributed by atoms with Gasteiger partial charge < -0.3 is 9.30 Å². The molecule has 0 saturated heterocycles. The standard InChI is InChI=1S/C29H48N6O.C2H2/c1-8-12-27-32-25(19-34(7)26-15-10-13-23-14-11-17-30-28(23)26)20-35(27)22-33(6)18-16-24(9-2)31-21-36-29(3,4)5;1-2/h8,11-12,14,17,20,24,26,31H,9-10,13,15-16,18-19,21-22H2,1-7H3;1-2H/b12-8-;/t24?,26-;/m0./s1. The SMILES string of the molecule is C#C.C/C=C\c1nc(CN(C)[C@H]2CCCc3cccnc32)cn1CN(C)CCC(CC)NCOC(C)(C)C. The molecule has 2 aromatic rings. The van der Waals surface area contributed by atoms with Crippen LogP contribution in [-0.2, 0) is 24.4 Å². The smallest absolute Gasteiger partial charge is 0.133 e. The molecule has 2 aromatic heterocycles. The summed E-state index contributed by atoms with van der Waals surface area (Å²) in [5, 5.41) is 3.55. The van der Waals surface area contributed by atoms with Crippen LogP contribution in [0, 0.1) is 12.8 Å². The maximum atomic E-state index is 5.85. The zero-order valence-corrected chi connectivity index (χ0v) is 24.8. The molecule has 2 heterocycles. The number of imidazole rings is 1. The number of hydrogen-bond donors (Lipinski definition) is 1. The zero-order chi connectivity index (χ0) is 28.1. The minimum atomic E-state index is -0.116. The highest BCUT2D eigenvalue weighted by atomic mass is 16.5. The fourth-order valence-electron chi connectivity index (χ4n) is 4.87. The van der Waals surface area contributed by atoms with Crippen LogP contribution in [0.2, 0.25) is 0 Å². The molecule has 1 aliphatic carbocycles. The molecule has 0 fully saturated rings. The highest BCUT2D eigenvalue weighted by Gasteiger charge is 2.25. The Morgan fingerprint density at radius 1 is 1.29 bits per heavy atom. The molecule has 7 heteroatoms. The molecule has 7 nitrogen and oxygen atoms in total. The molecule has 0 radical (unpaired) electrons. The van der Waals surface area contributed by atoms with Crippen molar-refractivity contribution in [2.24, 2.45) is 0 Å². The lowest BCUT2D eigenvalue weighted by molar-refractivity contribution is -0.0180. The number of aryl methyl sites for hydroxylation is 1. The minimum absolute atomic E-state index is 0.116. The molecule has 0 amide bonds.